The van der Waals surface area contributed by atoms with Crippen LogP contribution in [0.3, 0.4) is 0 Å². The third-order valence-electron chi connectivity index (χ3n) is 4.37. The molecule has 24 heavy (non-hydrogen) atoms. The van der Waals surface area contributed by atoms with Crippen LogP contribution in [0.5, 0.6) is 0 Å². The minimum absolute atomic E-state index is 0.190. The minimum Gasteiger partial charge on any atom is -0.291 e. The zero-order valence-electron chi connectivity index (χ0n) is 13.4. The summed E-state index contributed by atoms with van der Waals surface area (Å²) in [6.07, 6.45) is 2.97. The minimum atomic E-state index is -0.991. The van der Waals surface area contributed by atoms with Crippen molar-refractivity contribution in [3.8, 4) is 11.1 Å². The monoisotopic (exact) mass is 341 g/mol. The number of carbonyl (C=O) groups is 1. The summed E-state index contributed by atoms with van der Waals surface area (Å²) in [5.41, 5.74) is 4.15. The van der Waals surface area contributed by atoms with Crippen molar-refractivity contribution in [2.24, 2.45) is 5.92 Å². The average molecular weight is 341 g/mol. The van der Waals surface area contributed by atoms with Crippen molar-refractivity contribution in [3.63, 3.8) is 0 Å². The Morgan fingerprint density at radius 2 is 2.17 bits per heavy atom. The maximum Gasteiger partial charge on any atom is 0.234 e. The molecule has 0 radical (unpaired) electrons. The average Bonchev–Trinajstić information content (AvgIpc) is 3.16. The molecule has 1 fully saturated rings. The lowest BCUT2D eigenvalue weighted by Crippen LogP contribution is -2.28. The Hall–Kier alpha value is -2.34. The maximum atomic E-state index is 13.1. The number of hydrogen-bond donors (Lipinski definition) is 0. The standard InChI is InChI=1S/C18H16FN3OS/c1-10-5-6-20-9-13(10)11-3-4-15-16(7-11)24-18(21-15)22(2)17(23)12-8-14(12)19/h3-7,9,12,14H,8H2,1-2H3/t12-,14+/m1/s1. The number of carbonyl (C=O) groups excluding carboxylic acids is 1. The zero-order chi connectivity index (χ0) is 16.8. The molecule has 122 valence electrons. The highest BCUT2D eigenvalue weighted by Crippen LogP contribution is 2.38. The van der Waals surface area contributed by atoms with E-state index in [4.69, 9.17) is 0 Å². The Bertz CT molecular complexity index is 939. The van der Waals surface area contributed by atoms with Crippen molar-refractivity contribution >= 4 is 32.6 Å². The molecule has 4 nitrogen and oxygen atoms in total. The SMILES string of the molecule is Cc1ccncc1-c1ccc2nc(N(C)C(=O)[C@@H]3C[C@@H]3F)sc2c1. The molecular formula is C18H16FN3OS. The van der Waals surface area contributed by atoms with E-state index >= 15 is 0 Å². The van der Waals surface area contributed by atoms with E-state index in [0.717, 1.165) is 26.9 Å². The lowest BCUT2D eigenvalue weighted by molar-refractivity contribution is -0.119. The zero-order valence-corrected chi connectivity index (χ0v) is 14.2. The van der Waals surface area contributed by atoms with Gasteiger partial charge in [-0.25, -0.2) is 9.37 Å². The number of halogens is 1. The molecule has 0 unspecified atom stereocenters. The predicted molar refractivity (Wildman–Crippen MR) is 94.0 cm³/mol. The molecule has 4 rings (SSSR count). The molecule has 0 spiro atoms. The highest BCUT2D eigenvalue weighted by atomic mass is 32.1. The van der Waals surface area contributed by atoms with Crippen molar-refractivity contribution in [2.45, 2.75) is 19.5 Å². The number of aromatic nitrogens is 2. The number of alkyl halides is 1. The number of anilines is 1. The summed E-state index contributed by atoms with van der Waals surface area (Å²) in [5, 5.41) is 0.606. The lowest BCUT2D eigenvalue weighted by atomic mass is 10.0. The smallest absolute Gasteiger partial charge is 0.234 e. The summed E-state index contributed by atoms with van der Waals surface area (Å²) in [6, 6.07) is 8.00. The summed E-state index contributed by atoms with van der Waals surface area (Å²) >= 11 is 1.45. The number of fused-ring (bicyclic) bond motifs is 1. The number of rotatable bonds is 3. The molecule has 0 saturated heterocycles. The van der Waals surface area contributed by atoms with Crippen LogP contribution in [-0.2, 0) is 4.79 Å². The Morgan fingerprint density at radius 3 is 2.88 bits per heavy atom. The van der Waals surface area contributed by atoms with E-state index in [1.807, 2.05) is 24.4 Å². The summed E-state index contributed by atoms with van der Waals surface area (Å²) < 4.78 is 14.1. The first-order valence-electron chi connectivity index (χ1n) is 7.78. The van der Waals surface area contributed by atoms with Crippen molar-refractivity contribution < 1.29 is 9.18 Å². The molecule has 2 heterocycles. The Kier molecular flexibility index (Phi) is 3.57. The van der Waals surface area contributed by atoms with Crippen LogP contribution in [0.4, 0.5) is 9.52 Å². The van der Waals surface area contributed by atoms with Crippen LogP contribution in [0.1, 0.15) is 12.0 Å². The van der Waals surface area contributed by atoms with Crippen molar-refractivity contribution in [2.75, 3.05) is 11.9 Å². The summed E-state index contributed by atoms with van der Waals surface area (Å²) in [5.74, 6) is -0.680. The van der Waals surface area contributed by atoms with Crippen LogP contribution in [0, 0.1) is 12.8 Å². The van der Waals surface area contributed by atoms with Gasteiger partial charge >= 0.3 is 0 Å². The topological polar surface area (TPSA) is 46.1 Å². The van der Waals surface area contributed by atoms with E-state index in [1.165, 1.54) is 16.2 Å². The van der Waals surface area contributed by atoms with E-state index < -0.39 is 12.1 Å². The van der Waals surface area contributed by atoms with Crippen molar-refractivity contribution in [1.82, 2.24) is 9.97 Å². The Morgan fingerprint density at radius 1 is 1.38 bits per heavy atom. The van der Waals surface area contributed by atoms with Gasteiger partial charge < -0.3 is 0 Å². The molecule has 0 aliphatic heterocycles. The largest absolute Gasteiger partial charge is 0.291 e. The van der Waals surface area contributed by atoms with Gasteiger partial charge in [-0.3, -0.25) is 14.7 Å². The van der Waals surface area contributed by atoms with Gasteiger partial charge in [-0.15, -0.1) is 0 Å². The van der Waals surface area contributed by atoms with Crippen LogP contribution in [0.25, 0.3) is 21.3 Å². The molecule has 1 amide bonds. The van der Waals surface area contributed by atoms with Crippen molar-refractivity contribution in [1.29, 1.82) is 0 Å². The van der Waals surface area contributed by atoms with E-state index in [1.54, 1.807) is 13.2 Å². The summed E-state index contributed by atoms with van der Waals surface area (Å²) in [7, 11) is 1.66. The van der Waals surface area contributed by atoms with Gasteiger partial charge in [-0.2, -0.15) is 0 Å². The Balaban J connectivity index is 1.69. The Labute approximate surface area is 143 Å². The van der Waals surface area contributed by atoms with E-state index in [2.05, 4.69) is 23.0 Å². The third-order valence-corrected chi connectivity index (χ3v) is 5.47. The number of pyridine rings is 1. The van der Waals surface area contributed by atoms with Crippen LogP contribution in [0.2, 0.25) is 0 Å². The fraction of sp³-hybridized carbons (Fsp3) is 0.278. The van der Waals surface area contributed by atoms with Gasteiger partial charge in [0.25, 0.3) is 0 Å². The second kappa shape index (κ2) is 5.63. The second-order valence-electron chi connectivity index (χ2n) is 6.12. The predicted octanol–water partition coefficient (Wildman–Crippen LogP) is 3.99. The molecule has 1 aliphatic carbocycles. The summed E-state index contributed by atoms with van der Waals surface area (Å²) in [6.45, 7) is 2.05. The summed E-state index contributed by atoms with van der Waals surface area (Å²) in [4.78, 5) is 22.3. The molecule has 0 bridgehead atoms. The second-order valence-corrected chi connectivity index (χ2v) is 7.13. The number of benzene rings is 1. The quantitative estimate of drug-likeness (QED) is 0.724. The highest BCUT2D eigenvalue weighted by Gasteiger charge is 2.45. The fourth-order valence-electron chi connectivity index (χ4n) is 2.75. The molecule has 1 aromatic carbocycles. The number of hydrogen-bond acceptors (Lipinski definition) is 4. The number of thiazole rings is 1. The van der Waals surface area contributed by atoms with Gasteiger partial charge in [-0.05, 0) is 42.7 Å². The van der Waals surface area contributed by atoms with Crippen LogP contribution in [0.15, 0.2) is 36.7 Å². The van der Waals surface area contributed by atoms with E-state index in [0.29, 0.717) is 11.6 Å². The molecule has 6 heteroatoms. The first-order valence-corrected chi connectivity index (χ1v) is 8.59. The molecule has 2 atom stereocenters. The third kappa shape index (κ3) is 2.57. The molecule has 1 saturated carbocycles. The fourth-order valence-corrected chi connectivity index (χ4v) is 3.72. The van der Waals surface area contributed by atoms with Crippen LogP contribution < -0.4 is 4.90 Å². The van der Waals surface area contributed by atoms with Gasteiger partial charge in [0.1, 0.15) is 6.17 Å². The van der Waals surface area contributed by atoms with Gasteiger partial charge in [-0.1, -0.05) is 17.4 Å². The van der Waals surface area contributed by atoms with Crippen molar-refractivity contribution in [3.05, 3.63) is 42.2 Å². The molecule has 1 aliphatic rings. The van der Waals surface area contributed by atoms with E-state index in [9.17, 15) is 9.18 Å². The molecule has 3 aromatic rings. The molecule has 0 N–H and O–H groups in total. The van der Waals surface area contributed by atoms with Gasteiger partial charge in [0.15, 0.2) is 5.13 Å². The first kappa shape index (κ1) is 15.2. The lowest BCUT2D eigenvalue weighted by Gasteiger charge is -2.12. The molecule has 2 aromatic heterocycles. The van der Waals surface area contributed by atoms with Gasteiger partial charge in [0.2, 0.25) is 5.91 Å². The van der Waals surface area contributed by atoms with Gasteiger partial charge in [0, 0.05) is 25.0 Å². The van der Waals surface area contributed by atoms with Gasteiger partial charge in [0.05, 0.1) is 16.1 Å². The van der Waals surface area contributed by atoms with E-state index in [-0.39, 0.29) is 5.91 Å². The number of nitrogens with zero attached hydrogens (tertiary/aromatic N) is 3. The number of amides is 1. The first-order chi connectivity index (χ1) is 11.5. The molecular weight excluding hydrogens is 325 g/mol. The van der Waals surface area contributed by atoms with Crippen LogP contribution >= 0.6 is 11.3 Å². The normalized spacial score (nSPS) is 19.5. The van der Waals surface area contributed by atoms with Crippen LogP contribution in [-0.4, -0.2) is 29.1 Å². The maximum absolute atomic E-state index is 13.1. The highest BCUT2D eigenvalue weighted by molar-refractivity contribution is 7.22. The number of aryl methyl sites for hydroxylation is 1.